The molecule has 1 amide bonds. The van der Waals surface area contributed by atoms with Gasteiger partial charge in [-0.05, 0) is 18.6 Å². The number of amides is 1. The minimum atomic E-state index is -3.63. The van der Waals surface area contributed by atoms with Gasteiger partial charge in [0.15, 0.2) is 0 Å². The third kappa shape index (κ3) is 5.24. The Hall–Kier alpha value is -1.51. The molecule has 0 aliphatic carbocycles. The molecular weight excluding hydrogens is 280 g/mol. The highest BCUT2D eigenvalue weighted by molar-refractivity contribution is 7.89. The van der Waals surface area contributed by atoms with Gasteiger partial charge in [0.1, 0.15) is 4.90 Å². The van der Waals surface area contributed by atoms with Crippen molar-refractivity contribution in [2.45, 2.75) is 31.2 Å². The number of rotatable bonds is 8. The first kappa shape index (κ1) is 16.5. The van der Waals surface area contributed by atoms with Crippen molar-refractivity contribution in [3.63, 3.8) is 0 Å². The van der Waals surface area contributed by atoms with Gasteiger partial charge in [0.05, 0.1) is 5.69 Å². The average Bonchev–Trinajstić information content (AvgIpc) is 2.45. The number of nitrogens with one attached hydrogen (secondary N) is 2. The maximum atomic E-state index is 11.9. The van der Waals surface area contributed by atoms with Crippen molar-refractivity contribution in [3.8, 4) is 0 Å². The van der Waals surface area contributed by atoms with Gasteiger partial charge in [-0.1, -0.05) is 6.92 Å². The van der Waals surface area contributed by atoms with Crippen LogP contribution in [0.1, 0.15) is 25.5 Å². The van der Waals surface area contributed by atoms with E-state index >= 15 is 0 Å². The van der Waals surface area contributed by atoms with Gasteiger partial charge in [-0.2, -0.15) is 0 Å². The van der Waals surface area contributed by atoms with Crippen LogP contribution in [0.5, 0.6) is 0 Å². The molecule has 1 heterocycles. The quantitative estimate of drug-likeness (QED) is 0.612. The topological polar surface area (TPSA) is 114 Å². The Morgan fingerprint density at radius 2 is 2.10 bits per heavy atom. The maximum Gasteiger partial charge on any atom is 0.242 e. The first-order chi connectivity index (χ1) is 9.49. The van der Waals surface area contributed by atoms with E-state index in [4.69, 9.17) is 5.73 Å². The minimum Gasteiger partial charge on any atom is -0.356 e. The van der Waals surface area contributed by atoms with Crippen molar-refractivity contribution in [2.75, 3.05) is 13.1 Å². The summed E-state index contributed by atoms with van der Waals surface area (Å²) in [6.07, 6.45) is 2.20. The van der Waals surface area contributed by atoms with E-state index in [1.807, 2.05) is 6.92 Å². The normalized spacial score (nSPS) is 11.3. The molecule has 1 aromatic heterocycles. The van der Waals surface area contributed by atoms with Crippen molar-refractivity contribution in [2.24, 2.45) is 5.73 Å². The Bertz CT molecular complexity index is 528. The van der Waals surface area contributed by atoms with E-state index in [-0.39, 0.29) is 30.3 Å². The summed E-state index contributed by atoms with van der Waals surface area (Å²) in [5.74, 6) is -0.175. The number of aromatic nitrogens is 1. The third-order valence-electron chi connectivity index (χ3n) is 2.53. The summed E-state index contributed by atoms with van der Waals surface area (Å²) < 4.78 is 26.2. The van der Waals surface area contributed by atoms with Crippen molar-refractivity contribution in [3.05, 3.63) is 24.0 Å². The molecule has 7 nitrogen and oxygen atoms in total. The smallest absolute Gasteiger partial charge is 0.242 e. The number of carbonyl (C=O) groups is 1. The lowest BCUT2D eigenvalue weighted by molar-refractivity contribution is -0.120. The molecule has 0 unspecified atom stereocenters. The molecule has 0 aromatic carbocycles. The van der Waals surface area contributed by atoms with Crippen LogP contribution in [0.4, 0.5) is 0 Å². The van der Waals surface area contributed by atoms with Crippen LogP contribution in [-0.4, -0.2) is 32.4 Å². The molecule has 0 radical (unpaired) electrons. The number of pyridine rings is 1. The van der Waals surface area contributed by atoms with Crippen LogP contribution in [0.3, 0.4) is 0 Å². The number of sulfonamides is 1. The predicted molar refractivity (Wildman–Crippen MR) is 75.2 cm³/mol. The van der Waals surface area contributed by atoms with Crippen LogP contribution in [0.15, 0.2) is 23.2 Å². The second-order valence-electron chi connectivity index (χ2n) is 4.19. The van der Waals surface area contributed by atoms with E-state index in [9.17, 15) is 13.2 Å². The second kappa shape index (κ2) is 7.93. The summed E-state index contributed by atoms with van der Waals surface area (Å²) in [5, 5.41) is 2.67. The fourth-order valence-corrected chi connectivity index (χ4v) is 2.40. The van der Waals surface area contributed by atoms with Crippen LogP contribution < -0.4 is 15.8 Å². The SMILES string of the molecule is CCCNC(=O)CCNS(=O)(=O)c1ccc(CN)nc1. The lowest BCUT2D eigenvalue weighted by atomic mass is 10.4. The highest BCUT2D eigenvalue weighted by Crippen LogP contribution is 2.07. The highest BCUT2D eigenvalue weighted by Gasteiger charge is 2.14. The largest absolute Gasteiger partial charge is 0.356 e. The molecule has 20 heavy (non-hydrogen) atoms. The Kier molecular flexibility index (Phi) is 6.56. The van der Waals surface area contributed by atoms with Crippen molar-refractivity contribution in [1.82, 2.24) is 15.0 Å². The lowest BCUT2D eigenvalue weighted by Crippen LogP contribution is -2.31. The summed E-state index contributed by atoms with van der Waals surface area (Å²) in [4.78, 5) is 15.3. The van der Waals surface area contributed by atoms with E-state index in [2.05, 4.69) is 15.0 Å². The van der Waals surface area contributed by atoms with E-state index < -0.39 is 10.0 Å². The molecule has 0 saturated carbocycles. The summed E-state index contributed by atoms with van der Waals surface area (Å²) in [5.41, 5.74) is 6.00. The van der Waals surface area contributed by atoms with Gasteiger partial charge >= 0.3 is 0 Å². The molecule has 4 N–H and O–H groups in total. The Balaban J connectivity index is 2.50. The van der Waals surface area contributed by atoms with Crippen molar-refractivity contribution >= 4 is 15.9 Å². The van der Waals surface area contributed by atoms with Crippen LogP contribution >= 0.6 is 0 Å². The van der Waals surface area contributed by atoms with Crippen LogP contribution in [0.2, 0.25) is 0 Å². The van der Waals surface area contributed by atoms with Gasteiger partial charge in [-0.15, -0.1) is 0 Å². The van der Waals surface area contributed by atoms with Gasteiger partial charge in [0.25, 0.3) is 0 Å². The molecule has 1 rings (SSSR count). The van der Waals surface area contributed by atoms with Gasteiger partial charge in [0.2, 0.25) is 15.9 Å². The molecule has 1 aromatic rings. The van der Waals surface area contributed by atoms with Crippen LogP contribution in [-0.2, 0) is 21.4 Å². The Morgan fingerprint density at radius 1 is 1.35 bits per heavy atom. The van der Waals surface area contributed by atoms with E-state index in [1.54, 1.807) is 6.07 Å². The van der Waals surface area contributed by atoms with Crippen LogP contribution in [0.25, 0.3) is 0 Å². The Morgan fingerprint density at radius 3 is 2.65 bits per heavy atom. The molecule has 0 saturated heterocycles. The number of hydrogen-bond acceptors (Lipinski definition) is 5. The molecule has 0 atom stereocenters. The van der Waals surface area contributed by atoms with E-state index in [0.717, 1.165) is 6.42 Å². The van der Waals surface area contributed by atoms with Gasteiger partial charge in [-0.25, -0.2) is 13.1 Å². The maximum absolute atomic E-state index is 11.9. The summed E-state index contributed by atoms with van der Waals surface area (Å²) >= 11 is 0. The average molecular weight is 300 g/mol. The minimum absolute atomic E-state index is 0.0521. The number of nitrogens with zero attached hydrogens (tertiary/aromatic N) is 1. The molecular formula is C12H20N4O3S. The summed E-state index contributed by atoms with van der Waals surface area (Å²) in [7, 11) is -3.63. The number of nitrogens with two attached hydrogens (primary N) is 1. The molecule has 0 aliphatic rings. The highest BCUT2D eigenvalue weighted by atomic mass is 32.2. The fraction of sp³-hybridized carbons (Fsp3) is 0.500. The molecule has 0 aliphatic heterocycles. The molecule has 0 spiro atoms. The van der Waals surface area contributed by atoms with Crippen LogP contribution in [0, 0.1) is 0 Å². The monoisotopic (exact) mass is 300 g/mol. The molecule has 8 heteroatoms. The van der Waals surface area contributed by atoms with E-state index in [1.165, 1.54) is 12.3 Å². The predicted octanol–water partition coefficient (Wildman–Crippen LogP) is -0.265. The molecule has 0 fully saturated rings. The zero-order valence-electron chi connectivity index (χ0n) is 11.4. The zero-order valence-corrected chi connectivity index (χ0v) is 12.2. The zero-order chi connectivity index (χ0) is 15.0. The first-order valence-corrected chi connectivity index (χ1v) is 7.89. The summed E-state index contributed by atoms with van der Waals surface area (Å²) in [6, 6.07) is 3.00. The van der Waals surface area contributed by atoms with Gasteiger partial charge < -0.3 is 11.1 Å². The Labute approximate surface area is 119 Å². The van der Waals surface area contributed by atoms with E-state index in [0.29, 0.717) is 12.2 Å². The molecule has 0 bridgehead atoms. The number of carbonyl (C=O) groups excluding carboxylic acids is 1. The van der Waals surface area contributed by atoms with Gasteiger partial charge in [-0.3, -0.25) is 9.78 Å². The number of hydrogen-bond donors (Lipinski definition) is 3. The fourth-order valence-electron chi connectivity index (χ4n) is 1.43. The standard InChI is InChI=1S/C12H20N4O3S/c1-2-6-14-12(17)5-7-16-20(18,19)11-4-3-10(8-13)15-9-11/h3-4,9,16H,2,5-8,13H2,1H3,(H,14,17). The van der Waals surface area contributed by atoms with Crippen molar-refractivity contribution in [1.29, 1.82) is 0 Å². The first-order valence-electron chi connectivity index (χ1n) is 6.41. The lowest BCUT2D eigenvalue weighted by Gasteiger charge is -2.07. The second-order valence-corrected chi connectivity index (χ2v) is 5.95. The molecule has 112 valence electrons. The third-order valence-corrected chi connectivity index (χ3v) is 3.98. The summed E-state index contributed by atoms with van der Waals surface area (Å²) in [6.45, 7) is 2.85. The van der Waals surface area contributed by atoms with Crippen molar-refractivity contribution < 1.29 is 13.2 Å². The van der Waals surface area contributed by atoms with Gasteiger partial charge in [0, 0.05) is 32.3 Å².